The molecule has 3 heterocycles. The number of imidazole rings is 1. The van der Waals surface area contributed by atoms with Crippen molar-refractivity contribution in [2.75, 3.05) is 19.0 Å². The second-order valence-electron chi connectivity index (χ2n) is 6.02. The molecule has 4 rings (SSSR count). The molecular weight excluding hydrogens is 278 g/mol. The van der Waals surface area contributed by atoms with Gasteiger partial charge in [-0.25, -0.2) is 19.6 Å². The Morgan fingerprint density at radius 2 is 1.86 bits per heavy atom. The third-order valence-electron chi connectivity index (χ3n) is 4.22. The number of hydrogen-bond donors (Lipinski definition) is 1. The van der Waals surface area contributed by atoms with Crippen molar-refractivity contribution in [1.82, 2.24) is 29.7 Å². The maximum Gasteiger partial charge on any atom is 0.224 e. The van der Waals surface area contributed by atoms with Crippen molar-refractivity contribution in [3.05, 3.63) is 18.6 Å². The summed E-state index contributed by atoms with van der Waals surface area (Å²) < 4.78 is 2.07. The molecule has 1 N–H and O–H groups in total. The first kappa shape index (κ1) is 13.2. The molecule has 3 aromatic heterocycles. The van der Waals surface area contributed by atoms with Gasteiger partial charge in [0.2, 0.25) is 5.95 Å². The van der Waals surface area contributed by atoms with Gasteiger partial charge in [0, 0.05) is 26.5 Å². The van der Waals surface area contributed by atoms with Crippen molar-refractivity contribution in [1.29, 1.82) is 0 Å². The molecule has 1 saturated carbocycles. The number of hydrogen-bond acceptors (Lipinski definition) is 5. The molecule has 0 bridgehead atoms. The summed E-state index contributed by atoms with van der Waals surface area (Å²) in [4.78, 5) is 18.6. The number of nitrogens with one attached hydrogen (secondary N) is 1. The molecule has 0 radical (unpaired) electrons. The van der Waals surface area contributed by atoms with Crippen LogP contribution in [0.3, 0.4) is 0 Å². The molecule has 0 aliphatic heterocycles. The predicted octanol–water partition coefficient (Wildman–Crippen LogP) is 2.40. The van der Waals surface area contributed by atoms with E-state index in [-0.39, 0.29) is 0 Å². The molecule has 0 unspecified atom stereocenters. The standard InChI is InChI=1S/C15H19N7/c1-21(2)15-16-7-10(8-17-15)13-19-12-9-18-22(14(12)20-13)11-5-3-4-6-11/h7-9,11H,3-6H2,1-2H3,(H,19,20). The second-order valence-corrected chi connectivity index (χ2v) is 6.02. The SMILES string of the molecule is CN(C)c1ncc(-c2nc3c(cnn3C3CCCC3)[nH]2)cn1. The minimum Gasteiger partial charge on any atom is -0.347 e. The molecule has 0 amide bonds. The Morgan fingerprint density at radius 1 is 1.14 bits per heavy atom. The Kier molecular flexibility index (Phi) is 3.06. The molecule has 1 aliphatic carbocycles. The van der Waals surface area contributed by atoms with Gasteiger partial charge >= 0.3 is 0 Å². The van der Waals surface area contributed by atoms with Crippen LogP contribution in [0.25, 0.3) is 22.6 Å². The Bertz CT molecular complexity index is 778. The van der Waals surface area contributed by atoms with Gasteiger partial charge < -0.3 is 9.88 Å². The summed E-state index contributed by atoms with van der Waals surface area (Å²) in [5, 5.41) is 4.49. The predicted molar refractivity (Wildman–Crippen MR) is 84.7 cm³/mol. The molecular formula is C15H19N7. The van der Waals surface area contributed by atoms with Crippen LogP contribution in [0.15, 0.2) is 18.6 Å². The number of nitrogens with zero attached hydrogens (tertiary/aromatic N) is 6. The lowest BCUT2D eigenvalue weighted by molar-refractivity contribution is 0.479. The molecule has 0 saturated heterocycles. The van der Waals surface area contributed by atoms with Gasteiger partial charge in [0.1, 0.15) is 11.3 Å². The first-order chi connectivity index (χ1) is 10.7. The van der Waals surface area contributed by atoms with E-state index in [0.29, 0.717) is 12.0 Å². The molecule has 1 fully saturated rings. The third kappa shape index (κ3) is 2.13. The summed E-state index contributed by atoms with van der Waals surface area (Å²) in [6, 6.07) is 0.487. The Labute approximate surface area is 128 Å². The second kappa shape index (κ2) is 5.08. The highest BCUT2D eigenvalue weighted by molar-refractivity contribution is 5.75. The van der Waals surface area contributed by atoms with Crippen molar-refractivity contribution in [2.24, 2.45) is 0 Å². The van der Waals surface area contributed by atoms with Crippen LogP contribution >= 0.6 is 0 Å². The fraction of sp³-hybridized carbons (Fsp3) is 0.467. The van der Waals surface area contributed by atoms with E-state index in [2.05, 4.69) is 24.7 Å². The van der Waals surface area contributed by atoms with Crippen molar-refractivity contribution < 1.29 is 0 Å². The lowest BCUT2D eigenvalue weighted by Crippen LogP contribution is -2.12. The first-order valence-electron chi connectivity index (χ1n) is 7.65. The summed E-state index contributed by atoms with van der Waals surface area (Å²) in [5.74, 6) is 1.49. The highest BCUT2D eigenvalue weighted by atomic mass is 15.3. The van der Waals surface area contributed by atoms with Crippen LogP contribution in [0.2, 0.25) is 0 Å². The van der Waals surface area contributed by atoms with Crippen LogP contribution in [0.1, 0.15) is 31.7 Å². The zero-order valence-corrected chi connectivity index (χ0v) is 12.8. The summed E-state index contributed by atoms with van der Waals surface area (Å²) in [6.07, 6.45) is 10.4. The van der Waals surface area contributed by atoms with Gasteiger partial charge in [-0.3, -0.25) is 0 Å². The van der Waals surface area contributed by atoms with Crippen LogP contribution in [0, 0.1) is 0 Å². The van der Waals surface area contributed by atoms with E-state index in [0.717, 1.165) is 22.6 Å². The molecule has 3 aromatic rings. The van der Waals surface area contributed by atoms with Gasteiger partial charge in [0.05, 0.1) is 17.8 Å². The Morgan fingerprint density at radius 3 is 2.55 bits per heavy atom. The van der Waals surface area contributed by atoms with Gasteiger partial charge in [-0.05, 0) is 12.8 Å². The summed E-state index contributed by atoms with van der Waals surface area (Å²) in [5.41, 5.74) is 2.79. The highest BCUT2D eigenvalue weighted by Gasteiger charge is 2.21. The normalized spacial score (nSPS) is 15.7. The molecule has 7 nitrogen and oxygen atoms in total. The van der Waals surface area contributed by atoms with E-state index in [1.165, 1.54) is 25.7 Å². The minimum absolute atomic E-state index is 0.487. The number of rotatable bonds is 3. The molecule has 1 aliphatic rings. The van der Waals surface area contributed by atoms with Crippen LogP contribution in [0.5, 0.6) is 0 Å². The van der Waals surface area contributed by atoms with Crippen molar-refractivity contribution in [3.8, 4) is 11.4 Å². The number of anilines is 1. The zero-order chi connectivity index (χ0) is 15.1. The van der Waals surface area contributed by atoms with Crippen LogP contribution in [0.4, 0.5) is 5.95 Å². The van der Waals surface area contributed by atoms with Gasteiger partial charge in [-0.2, -0.15) is 5.10 Å². The summed E-state index contributed by atoms with van der Waals surface area (Å²) in [7, 11) is 3.85. The zero-order valence-electron chi connectivity index (χ0n) is 12.8. The molecule has 22 heavy (non-hydrogen) atoms. The van der Waals surface area contributed by atoms with E-state index in [1.54, 1.807) is 12.4 Å². The lowest BCUT2D eigenvalue weighted by atomic mass is 10.2. The molecule has 7 heteroatoms. The molecule has 0 spiro atoms. The van der Waals surface area contributed by atoms with Gasteiger partial charge in [-0.15, -0.1) is 0 Å². The highest BCUT2D eigenvalue weighted by Crippen LogP contribution is 2.31. The van der Waals surface area contributed by atoms with E-state index in [4.69, 9.17) is 4.98 Å². The molecule has 0 atom stereocenters. The monoisotopic (exact) mass is 297 g/mol. The quantitative estimate of drug-likeness (QED) is 0.803. The average molecular weight is 297 g/mol. The van der Waals surface area contributed by atoms with Gasteiger partial charge in [-0.1, -0.05) is 12.8 Å². The third-order valence-corrected chi connectivity index (χ3v) is 4.22. The van der Waals surface area contributed by atoms with Crippen LogP contribution < -0.4 is 4.90 Å². The van der Waals surface area contributed by atoms with Crippen molar-refractivity contribution >= 4 is 17.1 Å². The Hall–Kier alpha value is -2.44. The molecule has 114 valence electrons. The topological polar surface area (TPSA) is 75.5 Å². The largest absolute Gasteiger partial charge is 0.347 e. The number of aromatic amines is 1. The minimum atomic E-state index is 0.487. The van der Waals surface area contributed by atoms with Crippen molar-refractivity contribution in [3.63, 3.8) is 0 Å². The van der Waals surface area contributed by atoms with Gasteiger partial charge in [0.15, 0.2) is 5.65 Å². The molecule has 0 aromatic carbocycles. The number of aromatic nitrogens is 6. The average Bonchev–Trinajstić information content (AvgIpc) is 3.23. The van der Waals surface area contributed by atoms with Crippen LogP contribution in [-0.4, -0.2) is 43.8 Å². The van der Waals surface area contributed by atoms with Crippen LogP contribution in [-0.2, 0) is 0 Å². The Balaban J connectivity index is 1.70. The maximum absolute atomic E-state index is 4.71. The summed E-state index contributed by atoms with van der Waals surface area (Å²) in [6.45, 7) is 0. The lowest BCUT2D eigenvalue weighted by Gasteiger charge is -2.09. The van der Waals surface area contributed by atoms with E-state index in [1.807, 2.05) is 25.2 Å². The number of fused-ring (bicyclic) bond motifs is 1. The maximum atomic E-state index is 4.71. The number of H-pyrrole nitrogens is 1. The fourth-order valence-electron chi connectivity index (χ4n) is 3.04. The summed E-state index contributed by atoms with van der Waals surface area (Å²) >= 11 is 0. The first-order valence-corrected chi connectivity index (χ1v) is 7.65. The van der Waals surface area contributed by atoms with E-state index < -0.39 is 0 Å². The fourth-order valence-corrected chi connectivity index (χ4v) is 3.04. The van der Waals surface area contributed by atoms with E-state index >= 15 is 0 Å². The van der Waals surface area contributed by atoms with Gasteiger partial charge in [0.25, 0.3) is 0 Å². The van der Waals surface area contributed by atoms with Crippen molar-refractivity contribution in [2.45, 2.75) is 31.7 Å². The van der Waals surface area contributed by atoms with E-state index in [9.17, 15) is 0 Å². The smallest absolute Gasteiger partial charge is 0.224 e.